The third-order valence-electron chi connectivity index (χ3n) is 2.34. The van der Waals surface area contributed by atoms with Crippen LogP contribution in [0.5, 0.6) is 0 Å². The number of alkyl halides is 1. The summed E-state index contributed by atoms with van der Waals surface area (Å²) in [6, 6.07) is 0. The molecule has 0 aliphatic heterocycles. The van der Waals surface area contributed by atoms with E-state index in [1.165, 1.54) is 0 Å². The van der Waals surface area contributed by atoms with Crippen LogP contribution in [0.4, 0.5) is 0 Å². The molecule has 1 aliphatic carbocycles. The smallest absolute Gasteiger partial charge is 0.149 e. The van der Waals surface area contributed by atoms with Crippen LogP contribution in [-0.4, -0.2) is 22.3 Å². The van der Waals surface area contributed by atoms with Crippen LogP contribution in [0.15, 0.2) is 0 Å². The van der Waals surface area contributed by atoms with Crippen LogP contribution in [0.1, 0.15) is 33.1 Å². The molecular formula is C11H14Br2O2. The first-order valence-corrected chi connectivity index (χ1v) is 6.64. The Labute approximate surface area is 107 Å². The fraction of sp³-hybridized carbons (Fsp3) is 0.727. The Balaban J connectivity index is 2.63. The number of rotatable bonds is 2. The van der Waals surface area contributed by atoms with E-state index in [9.17, 15) is 4.79 Å². The molecule has 0 radical (unpaired) electrons. The maximum absolute atomic E-state index is 11.5. The molecule has 4 heteroatoms. The lowest BCUT2D eigenvalue weighted by Crippen LogP contribution is -2.40. The SMILES string of the molecule is CC(C)(C#CBr)OC1CCCC(=O)C1Br. The number of Topliss-reactive ketones (excluding diaryl/α,β-unsaturated/α-hetero) is 1. The fourth-order valence-electron chi connectivity index (χ4n) is 1.61. The molecule has 0 amide bonds. The highest BCUT2D eigenvalue weighted by Gasteiger charge is 2.33. The predicted octanol–water partition coefficient (Wildman–Crippen LogP) is 3.02. The fourth-order valence-corrected chi connectivity index (χ4v) is 2.69. The number of ketones is 1. The van der Waals surface area contributed by atoms with Gasteiger partial charge in [-0.15, -0.1) is 0 Å². The van der Waals surface area contributed by atoms with Gasteiger partial charge in [-0.1, -0.05) is 21.9 Å². The van der Waals surface area contributed by atoms with Gasteiger partial charge in [0.05, 0.1) is 10.9 Å². The predicted molar refractivity (Wildman–Crippen MR) is 67.2 cm³/mol. The molecule has 0 N–H and O–H groups in total. The summed E-state index contributed by atoms with van der Waals surface area (Å²) in [6.45, 7) is 3.81. The van der Waals surface area contributed by atoms with Gasteiger partial charge in [-0.05, 0) is 31.5 Å². The van der Waals surface area contributed by atoms with Crippen molar-refractivity contribution in [3.63, 3.8) is 0 Å². The summed E-state index contributed by atoms with van der Waals surface area (Å²) >= 11 is 6.45. The Morgan fingerprint density at radius 2 is 2.20 bits per heavy atom. The second-order valence-corrected chi connectivity index (χ2v) is 5.53. The minimum atomic E-state index is -0.516. The van der Waals surface area contributed by atoms with Gasteiger partial charge < -0.3 is 4.74 Å². The standard InChI is InChI=1S/C11H14Br2O2/c1-11(2,6-7-12)15-9-5-3-4-8(14)10(9)13/h9-10H,3-5H2,1-2H3. The normalized spacial score (nSPS) is 27.1. The lowest BCUT2D eigenvalue weighted by Gasteiger charge is -2.32. The molecule has 2 atom stereocenters. The highest BCUT2D eigenvalue weighted by Crippen LogP contribution is 2.27. The summed E-state index contributed by atoms with van der Waals surface area (Å²) in [5.74, 6) is 3.15. The molecule has 2 nitrogen and oxygen atoms in total. The highest BCUT2D eigenvalue weighted by atomic mass is 79.9. The summed E-state index contributed by atoms with van der Waals surface area (Å²) in [5.41, 5.74) is -0.516. The van der Waals surface area contributed by atoms with Crippen molar-refractivity contribution in [2.24, 2.45) is 0 Å². The minimum absolute atomic E-state index is 0.0606. The van der Waals surface area contributed by atoms with Crippen LogP contribution in [0, 0.1) is 10.8 Å². The molecule has 1 rings (SSSR count). The van der Waals surface area contributed by atoms with E-state index in [1.54, 1.807) is 0 Å². The first kappa shape index (κ1) is 13.2. The van der Waals surface area contributed by atoms with Crippen LogP contribution in [0.3, 0.4) is 0 Å². The summed E-state index contributed by atoms with van der Waals surface area (Å²) in [4.78, 5) is 14.0. The number of hydrogen-bond acceptors (Lipinski definition) is 2. The summed E-state index contributed by atoms with van der Waals surface area (Å²) in [7, 11) is 0. The number of hydrogen-bond donors (Lipinski definition) is 0. The van der Waals surface area contributed by atoms with Gasteiger partial charge in [-0.2, -0.15) is 0 Å². The Morgan fingerprint density at radius 3 is 2.80 bits per heavy atom. The van der Waals surface area contributed by atoms with E-state index in [0.29, 0.717) is 6.42 Å². The van der Waals surface area contributed by atoms with Crippen LogP contribution in [0.2, 0.25) is 0 Å². The topological polar surface area (TPSA) is 26.3 Å². The first-order chi connectivity index (χ1) is 6.96. The van der Waals surface area contributed by atoms with E-state index in [1.807, 2.05) is 13.8 Å². The summed E-state index contributed by atoms with van der Waals surface area (Å²) in [5, 5.41) is 0. The number of carbonyl (C=O) groups is 1. The van der Waals surface area contributed by atoms with E-state index in [-0.39, 0.29) is 16.7 Å². The second kappa shape index (κ2) is 5.47. The summed E-state index contributed by atoms with van der Waals surface area (Å²) < 4.78 is 5.83. The average Bonchev–Trinajstić information content (AvgIpc) is 2.12. The molecule has 0 spiro atoms. The van der Waals surface area contributed by atoms with Crippen LogP contribution in [-0.2, 0) is 9.53 Å². The van der Waals surface area contributed by atoms with Crippen molar-refractivity contribution >= 4 is 37.6 Å². The molecule has 1 fully saturated rings. The van der Waals surface area contributed by atoms with Crippen molar-refractivity contribution in [1.82, 2.24) is 0 Å². The third kappa shape index (κ3) is 3.90. The van der Waals surface area contributed by atoms with Gasteiger partial charge in [0, 0.05) is 22.4 Å². The van der Waals surface area contributed by atoms with Gasteiger partial charge in [0.2, 0.25) is 0 Å². The van der Waals surface area contributed by atoms with Crippen molar-refractivity contribution in [3.8, 4) is 10.8 Å². The summed E-state index contributed by atoms with van der Waals surface area (Å²) in [6.07, 6.45) is 2.41. The zero-order valence-electron chi connectivity index (χ0n) is 8.85. The van der Waals surface area contributed by atoms with E-state index >= 15 is 0 Å². The Kier molecular flexibility index (Phi) is 4.82. The molecule has 1 aliphatic rings. The van der Waals surface area contributed by atoms with Crippen molar-refractivity contribution in [3.05, 3.63) is 0 Å². The van der Waals surface area contributed by atoms with Gasteiger partial charge in [-0.3, -0.25) is 4.79 Å². The van der Waals surface area contributed by atoms with Gasteiger partial charge >= 0.3 is 0 Å². The zero-order valence-corrected chi connectivity index (χ0v) is 12.0. The number of carbonyl (C=O) groups excluding carboxylic acids is 1. The lowest BCUT2D eigenvalue weighted by atomic mass is 9.95. The molecule has 0 bridgehead atoms. The van der Waals surface area contributed by atoms with E-state index < -0.39 is 5.60 Å². The van der Waals surface area contributed by atoms with Gasteiger partial charge in [-0.25, -0.2) is 0 Å². The van der Waals surface area contributed by atoms with Crippen LogP contribution < -0.4 is 0 Å². The van der Waals surface area contributed by atoms with E-state index in [2.05, 4.69) is 42.6 Å². The minimum Gasteiger partial charge on any atom is -0.358 e. The highest BCUT2D eigenvalue weighted by molar-refractivity contribution is 9.12. The number of halogens is 2. The van der Waals surface area contributed by atoms with Gasteiger partial charge in [0.15, 0.2) is 0 Å². The molecule has 15 heavy (non-hydrogen) atoms. The molecule has 0 aromatic rings. The second-order valence-electron chi connectivity index (χ2n) is 4.15. The lowest BCUT2D eigenvalue weighted by molar-refractivity contribution is -0.126. The van der Waals surface area contributed by atoms with Crippen molar-refractivity contribution < 1.29 is 9.53 Å². The monoisotopic (exact) mass is 336 g/mol. The average molecular weight is 338 g/mol. The molecule has 0 aromatic carbocycles. The van der Waals surface area contributed by atoms with E-state index in [4.69, 9.17) is 4.74 Å². The molecule has 2 unspecified atom stereocenters. The Bertz CT molecular complexity index is 301. The van der Waals surface area contributed by atoms with E-state index in [0.717, 1.165) is 12.8 Å². The van der Waals surface area contributed by atoms with Crippen molar-refractivity contribution in [1.29, 1.82) is 0 Å². The molecular weight excluding hydrogens is 324 g/mol. The molecule has 0 aromatic heterocycles. The maximum atomic E-state index is 11.5. The van der Waals surface area contributed by atoms with Gasteiger partial charge in [0.1, 0.15) is 11.4 Å². The largest absolute Gasteiger partial charge is 0.358 e. The zero-order chi connectivity index (χ0) is 11.5. The number of ether oxygens (including phenoxy) is 1. The Hall–Kier alpha value is 0.150. The van der Waals surface area contributed by atoms with Crippen LogP contribution in [0.25, 0.3) is 0 Å². The third-order valence-corrected chi connectivity index (χ3v) is 3.64. The van der Waals surface area contributed by atoms with Crippen LogP contribution >= 0.6 is 31.9 Å². The molecule has 0 heterocycles. The first-order valence-electron chi connectivity index (χ1n) is 4.93. The quantitative estimate of drug-likeness (QED) is 0.572. The maximum Gasteiger partial charge on any atom is 0.149 e. The molecule has 0 saturated heterocycles. The van der Waals surface area contributed by atoms with Gasteiger partial charge in [0.25, 0.3) is 0 Å². The van der Waals surface area contributed by atoms with Crippen molar-refractivity contribution in [2.45, 2.75) is 49.6 Å². The molecule has 1 saturated carbocycles. The van der Waals surface area contributed by atoms with Crippen molar-refractivity contribution in [2.75, 3.05) is 0 Å². The molecule has 84 valence electrons. The Morgan fingerprint density at radius 1 is 1.53 bits per heavy atom.